The first-order chi connectivity index (χ1) is 13.5. The van der Waals surface area contributed by atoms with Gasteiger partial charge in [0.2, 0.25) is 6.79 Å². The van der Waals surface area contributed by atoms with Crippen molar-refractivity contribution in [2.75, 3.05) is 27.0 Å². The maximum atomic E-state index is 12.0. The first-order valence-corrected chi connectivity index (χ1v) is 8.90. The molecule has 0 spiro atoms. The first kappa shape index (κ1) is 19.8. The van der Waals surface area contributed by atoms with Crippen LogP contribution in [-0.4, -0.2) is 43.7 Å². The summed E-state index contributed by atoms with van der Waals surface area (Å²) >= 11 is 5.78. The van der Waals surface area contributed by atoms with E-state index in [-0.39, 0.29) is 25.9 Å². The fraction of sp³-hybridized carbons (Fsp3) is 0.263. The minimum Gasteiger partial charge on any atom is -0.484 e. The van der Waals surface area contributed by atoms with Crippen molar-refractivity contribution >= 4 is 23.4 Å². The Morgan fingerprint density at radius 3 is 2.57 bits per heavy atom. The van der Waals surface area contributed by atoms with Crippen LogP contribution in [0, 0.1) is 0 Å². The lowest BCUT2D eigenvalue weighted by atomic mass is 10.2. The monoisotopic (exact) mass is 405 g/mol. The molecule has 1 heterocycles. The number of hydrogen-bond acceptors (Lipinski definition) is 6. The maximum Gasteiger partial charge on any atom is 0.276 e. The van der Waals surface area contributed by atoms with E-state index in [2.05, 4.69) is 10.9 Å². The molecule has 1 aliphatic rings. The molecule has 2 N–H and O–H groups in total. The van der Waals surface area contributed by atoms with Crippen LogP contribution in [0.2, 0.25) is 5.02 Å². The molecule has 0 aromatic heterocycles. The van der Waals surface area contributed by atoms with E-state index in [1.165, 1.54) is 0 Å². The summed E-state index contributed by atoms with van der Waals surface area (Å²) in [6, 6.07) is 12.3. The van der Waals surface area contributed by atoms with Crippen LogP contribution in [0.25, 0.3) is 0 Å². The van der Waals surface area contributed by atoms with E-state index in [0.717, 1.165) is 5.56 Å². The zero-order valence-electron chi connectivity index (χ0n) is 15.2. The molecule has 1 aliphatic heterocycles. The van der Waals surface area contributed by atoms with Gasteiger partial charge in [-0.2, -0.15) is 0 Å². The molecular weight excluding hydrogens is 386 g/mol. The van der Waals surface area contributed by atoms with E-state index < -0.39 is 5.91 Å². The number of carbonyl (C=O) groups excluding carboxylic acids is 2. The largest absolute Gasteiger partial charge is 0.484 e. The van der Waals surface area contributed by atoms with Gasteiger partial charge in [-0.05, 0) is 49.0 Å². The lowest BCUT2D eigenvalue weighted by Gasteiger charge is -2.17. The normalized spacial score (nSPS) is 12.0. The number of likely N-dealkylation sites (N-methyl/N-ethyl adjacent to an activating group) is 1. The van der Waals surface area contributed by atoms with Crippen molar-refractivity contribution in [3.05, 3.63) is 53.1 Å². The number of hydrazine groups is 1. The zero-order chi connectivity index (χ0) is 19.9. The molecule has 0 saturated heterocycles. The molecule has 3 rings (SSSR count). The quantitative estimate of drug-likeness (QED) is 0.682. The average molecular weight is 406 g/mol. The van der Waals surface area contributed by atoms with Gasteiger partial charge in [0.15, 0.2) is 18.1 Å². The molecule has 0 atom stereocenters. The molecule has 8 nitrogen and oxygen atoms in total. The number of ether oxygens (including phenoxy) is 3. The fourth-order valence-corrected chi connectivity index (χ4v) is 2.67. The first-order valence-electron chi connectivity index (χ1n) is 8.53. The summed E-state index contributed by atoms with van der Waals surface area (Å²) in [7, 11) is 1.80. The van der Waals surface area contributed by atoms with Crippen molar-refractivity contribution in [2.24, 2.45) is 0 Å². The van der Waals surface area contributed by atoms with Gasteiger partial charge in [-0.15, -0.1) is 0 Å². The number of nitrogens with zero attached hydrogens (tertiary/aromatic N) is 1. The third-order valence-corrected chi connectivity index (χ3v) is 4.08. The third kappa shape index (κ3) is 5.77. The number of rotatable bonds is 7. The van der Waals surface area contributed by atoms with E-state index in [1.54, 1.807) is 31.3 Å². The Balaban J connectivity index is 1.36. The van der Waals surface area contributed by atoms with E-state index in [0.29, 0.717) is 28.8 Å². The molecule has 0 unspecified atom stereocenters. The predicted octanol–water partition coefficient (Wildman–Crippen LogP) is 1.73. The van der Waals surface area contributed by atoms with E-state index in [9.17, 15) is 9.59 Å². The van der Waals surface area contributed by atoms with Crippen LogP contribution in [0.5, 0.6) is 17.2 Å². The van der Waals surface area contributed by atoms with Gasteiger partial charge in [0.05, 0.1) is 6.54 Å². The van der Waals surface area contributed by atoms with Crippen molar-refractivity contribution in [1.82, 2.24) is 15.8 Å². The Labute approximate surface area is 167 Å². The Morgan fingerprint density at radius 1 is 1.07 bits per heavy atom. The second-order valence-corrected chi connectivity index (χ2v) is 6.64. The number of fused-ring (bicyclic) bond motifs is 1. The van der Waals surface area contributed by atoms with Crippen molar-refractivity contribution in [1.29, 1.82) is 0 Å². The molecule has 0 bridgehead atoms. The third-order valence-electron chi connectivity index (χ3n) is 3.83. The van der Waals surface area contributed by atoms with Gasteiger partial charge in [-0.1, -0.05) is 17.7 Å². The minimum atomic E-state index is -0.471. The summed E-state index contributed by atoms with van der Waals surface area (Å²) < 4.78 is 15.9. The molecule has 0 aliphatic carbocycles. The van der Waals surface area contributed by atoms with Crippen molar-refractivity contribution < 1.29 is 23.8 Å². The van der Waals surface area contributed by atoms with Gasteiger partial charge in [-0.3, -0.25) is 25.3 Å². The highest BCUT2D eigenvalue weighted by atomic mass is 35.5. The summed E-state index contributed by atoms with van der Waals surface area (Å²) in [5.74, 6) is 1.11. The summed E-state index contributed by atoms with van der Waals surface area (Å²) in [5.41, 5.74) is 5.66. The van der Waals surface area contributed by atoms with Gasteiger partial charge >= 0.3 is 0 Å². The summed E-state index contributed by atoms with van der Waals surface area (Å²) in [5, 5.41) is 0.578. The number of nitrogens with one attached hydrogen (secondary N) is 2. The highest BCUT2D eigenvalue weighted by Gasteiger charge is 2.15. The fourth-order valence-electron chi connectivity index (χ4n) is 2.55. The summed E-state index contributed by atoms with van der Waals surface area (Å²) in [6.45, 7) is 0.637. The SMILES string of the molecule is CN(CC(=O)NNC(=O)COc1ccc(Cl)cc1)Cc1ccc2c(c1)OCO2. The molecular formula is C19H20ClN3O5. The van der Waals surface area contributed by atoms with Crippen LogP contribution in [-0.2, 0) is 16.1 Å². The van der Waals surface area contributed by atoms with E-state index >= 15 is 0 Å². The molecule has 0 saturated carbocycles. The maximum absolute atomic E-state index is 12.0. The van der Waals surface area contributed by atoms with Crippen LogP contribution in [0.1, 0.15) is 5.56 Å². The highest BCUT2D eigenvalue weighted by molar-refractivity contribution is 6.30. The average Bonchev–Trinajstić information content (AvgIpc) is 3.13. The van der Waals surface area contributed by atoms with E-state index in [4.69, 9.17) is 25.8 Å². The molecule has 28 heavy (non-hydrogen) atoms. The summed E-state index contributed by atoms with van der Waals surface area (Å²) in [6.07, 6.45) is 0. The summed E-state index contributed by atoms with van der Waals surface area (Å²) in [4.78, 5) is 25.5. The molecule has 2 amide bonds. The lowest BCUT2D eigenvalue weighted by molar-refractivity contribution is -0.130. The number of amides is 2. The van der Waals surface area contributed by atoms with Crippen LogP contribution in [0.15, 0.2) is 42.5 Å². The van der Waals surface area contributed by atoms with Crippen molar-refractivity contribution in [2.45, 2.75) is 6.54 Å². The van der Waals surface area contributed by atoms with Crippen LogP contribution < -0.4 is 25.1 Å². The molecule has 148 valence electrons. The number of carbonyl (C=O) groups is 2. The lowest BCUT2D eigenvalue weighted by Crippen LogP contribution is -2.47. The van der Waals surface area contributed by atoms with Crippen molar-refractivity contribution in [3.63, 3.8) is 0 Å². The molecule has 0 radical (unpaired) electrons. The van der Waals surface area contributed by atoms with Gasteiger partial charge in [-0.25, -0.2) is 0 Å². The van der Waals surface area contributed by atoms with Crippen LogP contribution in [0.3, 0.4) is 0 Å². The number of benzene rings is 2. The van der Waals surface area contributed by atoms with Gasteiger partial charge in [0.1, 0.15) is 5.75 Å². The molecule has 2 aromatic carbocycles. The smallest absolute Gasteiger partial charge is 0.276 e. The minimum absolute atomic E-state index is 0.104. The number of halogens is 1. The predicted molar refractivity (Wildman–Crippen MR) is 102 cm³/mol. The molecule has 0 fully saturated rings. The van der Waals surface area contributed by atoms with Crippen LogP contribution in [0.4, 0.5) is 0 Å². The standard InChI is InChI=1S/C19H20ClN3O5/c1-23(9-13-2-7-16-17(8-13)28-12-27-16)10-18(24)21-22-19(25)11-26-15-5-3-14(20)4-6-15/h2-8H,9-12H2,1H3,(H,21,24)(H,22,25). The van der Waals surface area contributed by atoms with Crippen molar-refractivity contribution in [3.8, 4) is 17.2 Å². The highest BCUT2D eigenvalue weighted by Crippen LogP contribution is 2.32. The zero-order valence-corrected chi connectivity index (χ0v) is 16.0. The Morgan fingerprint density at radius 2 is 1.79 bits per heavy atom. The number of hydrogen-bond donors (Lipinski definition) is 2. The van der Waals surface area contributed by atoms with Gasteiger partial charge in [0.25, 0.3) is 11.8 Å². The molecule has 2 aromatic rings. The van der Waals surface area contributed by atoms with Gasteiger partial charge < -0.3 is 14.2 Å². The second-order valence-electron chi connectivity index (χ2n) is 6.20. The van der Waals surface area contributed by atoms with Crippen LogP contribution >= 0.6 is 11.6 Å². The van der Waals surface area contributed by atoms with E-state index in [1.807, 2.05) is 23.1 Å². The van der Waals surface area contributed by atoms with Gasteiger partial charge in [0, 0.05) is 11.6 Å². The Kier molecular flexibility index (Phi) is 6.57. The Bertz CT molecular complexity index is 844. The molecule has 9 heteroatoms. The second kappa shape index (κ2) is 9.29. The Hall–Kier alpha value is -2.97. The topological polar surface area (TPSA) is 89.1 Å².